The average Bonchev–Trinajstić information content (AvgIpc) is 2.70. The molecule has 0 unspecified atom stereocenters. The zero-order chi connectivity index (χ0) is 24.2. The van der Waals surface area contributed by atoms with Gasteiger partial charge in [-0.2, -0.15) is 0 Å². The van der Waals surface area contributed by atoms with Gasteiger partial charge in [-0.25, -0.2) is 9.18 Å². The maximum Gasteiger partial charge on any atom is 0.330 e. The molecule has 32 heavy (non-hydrogen) atoms. The largest absolute Gasteiger partial charge is 0.495 e. The van der Waals surface area contributed by atoms with Gasteiger partial charge in [-0.3, -0.25) is 0 Å². The van der Waals surface area contributed by atoms with E-state index in [1.54, 1.807) is 34.0 Å². The highest BCUT2D eigenvalue weighted by Gasteiger charge is 2.34. The lowest BCUT2D eigenvalue weighted by molar-refractivity contribution is -0.137. The molecule has 0 saturated heterocycles. The third kappa shape index (κ3) is 5.61. The van der Waals surface area contributed by atoms with E-state index in [4.69, 9.17) is 9.47 Å². The van der Waals surface area contributed by atoms with E-state index < -0.39 is 11.8 Å². The summed E-state index contributed by atoms with van der Waals surface area (Å²) < 4.78 is 26.7. The van der Waals surface area contributed by atoms with Gasteiger partial charge in [0.05, 0.1) is 18.2 Å². The van der Waals surface area contributed by atoms with Crippen LogP contribution in [0, 0.1) is 5.92 Å². The van der Waals surface area contributed by atoms with Gasteiger partial charge < -0.3 is 9.47 Å². The Morgan fingerprint density at radius 1 is 1.28 bits per heavy atom. The summed E-state index contributed by atoms with van der Waals surface area (Å²) in [7, 11) is 1.61. The molecule has 0 saturated carbocycles. The fraction of sp³-hybridized carbons (Fsp3) is 0.444. The molecule has 0 spiro atoms. The Morgan fingerprint density at radius 2 is 1.94 bits per heavy atom. The minimum Gasteiger partial charge on any atom is -0.495 e. The number of carbonyl (C=O) groups is 1. The molecule has 2 rings (SSSR count). The first-order valence-electron chi connectivity index (χ1n) is 11.0. The zero-order valence-corrected chi connectivity index (χ0v) is 21.9. The van der Waals surface area contributed by atoms with E-state index in [0.29, 0.717) is 35.0 Å². The summed E-state index contributed by atoms with van der Waals surface area (Å²) in [4.78, 5) is 11.6. The Bertz CT molecular complexity index is 1010. The predicted octanol–water partition coefficient (Wildman–Crippen LogP) is 7.94. The van der Waals surface area contributed by atoms with E-state index in [0.717, 1.165) is 16.5 Å². The number of carbonyl (C=O) groups excluding carboxylic acids is 1. The quantitative estimate of drug-likeness (QED) is 0.214. The molecule has 1 aromatic carbocycles. The van der Waals surface area contributed by atoms with Crippen LogP contribution in [0.15, 0.2) is 46.2 Å². The van der Waals surface area contributed by atoms with Crippen molar-refractivity contribution in [3.05, 3.63) is 62.9 Å². The standard InChI is InChI=1S/C27H34BrFO3/c1-9-32-23(30)14-17(4)10-11-22(29)18(5)20-15-21-19(16(2)3)12-13-27(6,7)24(21)25(28)26(20)31-8/h10-12,14-16H,9,13H2,1-8H3/b11-10+,17-14+,22-18+. The van der Waals surface area contributed by atoms with Gasteiger partial charge in [0, 0.05) is 11.6 Å². The third-order valence-corrected chi connectivity index (χ3v) is 6.51. The molecule has 0 N–H and O–H groups in total. The Hall–Kier alpha value is -2.14. The summed E-state index contributed by atoms with van der Waals surface area (Å²) >= 11 is 3.78. The Morgan fingerprint density at radius 3 is 2.50 bits per heavy atom. The lowest BCUT2D eigenvalue weighted by Crippen LogP contribution is -2.24. The first-order valence-corrected chi connectivity index (χ1v) is 11.7. The Kier molecular flexibility index (Phi) is 8.69. The SMILES string of the molecule is CCOC(=O)/C=C(C)/C=C/C(F)=C(/C)c1cc2c(c(Br)c1OC)C(C)(C)CC=C2C(C)C. The number of rotatable bonds is 7. The smallest absolute Gasteiger partial charge is 0.330 e. The van der Waals surface area contributed by atoms with Crippen LogP contribution < -0.4 is 4.74 Å². The van der Waals surface area contributed by atoms with Gasteiger partial charge in [-0.1, -0.05) is 39.8 Å². The lowest BCUT2D eigenvalue weighted by Gasteiger charge is -2.35. The van der Waals surface area contributed by atoms with Crippen LogP contribution in [0.1, 0.15) is 71.6 Å². The highest BCUT2D eigenvalue weighted by atomic mass is 79.9. The van der Waals surface area contributed by atoms with Crippen molar-refractivity contribution in [2.75, 3.05) is 13.7 Å². The summed E-state index contributed by atoms with van der Waals surface area (Å²) in [5.74, 6) is 0.146. The molecule has 0 bridgehead atoms. The molecule has 3 nitrogen and oxygen atoms in total. The van der Waals surface area contributed by atoms with Gasteiger partial charge in [-0.15, -0.1) is 0 Å². The first kappa shape index (κ1) is 26.1. The summed E-state index contributed by atoms with van der Waals surface area (Å²) in [6.07, 6.45) is 7.52. The second kappa shape index (κ2) is 10.7. The number of methoxy groups -OCH3 is 1. The second-order valence-electron chi connectivity index (χ2n) is 9.04. The van der Waals surface area contributed by atoms with Crippen LogP contribution in [-0.2, 0) is 14.9 Å². The molecule has 5 heteroatoms. The number of hydrogen-bond donors (Lipinski definition) is 0. The molecular formula is C27H34BrFO3. The third-order valence-electron chi connectivity index (χ3n) is 5.75. The summed E-state index contributed by atoms with van der Waals surface area (Å²) in [5, 5.41) is 0. The number of hydrogen-bond acceptors (Lipinski definition) is 3. The van der Waals surface area contributed by atoms with Gasteiger partial charge in [0.1, 0.15) is 11.6 Å². The van der Waals surface area contributed by atoms with Crippen LogP contribution in [0.3, 0.4) is 0 Å². The number of esters is 1. The summed E-state index contributed by atoms with van der Waals surface area (Å²) in [5.41, 5.74) is 5.31. The number of allylic oxidation sites excluding steroid dienone is 7. The number of halogens is 2. The van der Waals surface area contributed by atoms with E-state index in [-0.39, 0.29) is 5.41 Å². The number of benzene rings is 1. The fourth-order valence-electron chi connectivity index (χ4n) is 4.00. The molecule has 174 valence electrons. The van der Waals surface area contributed by atoms with Crippen LogP contribution in [-0.4, -0.2) is 19.7 Å². The molecule has 0 fully saturated rings. The van der Waals surface area contributed by atoms with E-state index in [2.05, 4.69) is 55.8 Å². The van der Waals surface area contributed by atoms with Crippen LogP contribution in [0.5, 0.6) is 5.75 Å². The van der Waals surface area contributed by atoms with Crippen LogP contribution >= 0.6 is 15.9 Å². The molecule has 0 radical (unpaired) electrons. The van der Waals surface area contributed by atoms with Crippen molar-refractivity contribution >= 4 is 33.0 Å². The Labute approximate surface area is 200 Å². The number of ether oxygens (including phenoxy) is 2. The average molecular weight is 505 g/mol. The van der Waals surface area contributed by atoms with Crippen molar-refractivity contribution in [2.45, 2.75) is 60.3 Å². The zero-order valence-electron chi connectivity index (χ0n) is 20.4. The van der Waals surface area contributed by atoms with Crippen molar-refractivity contribution in [1.82, 2.24) is 0 Å². The summed E-state index contributed by atoms with van der Waals surface area (Å²) in [6.45, 7) is 14.3. The van der Waals surface area contributed by atoms with Crippen molar-refractivity contribution < 1.29 is 18.7 Å². The van der Waals surface area contributed by atoms with Gasteiger partial charge in [-0.05, 0) is 94.4 Å². The normalized spacial score (nSPS) is 16.6. The van der Waals surface area contributed by atoms with Gasteiger partial charge >= 0.3 is 5.97 Å². The fourth-order valence-corrected chi connectivity index (χ4v) is 5.13. The predicted molar refractivity (Wildman–Crippen MR) is 134 cm³/mol. The van der Waals surface area contributed by atoms with Crippen LogP contribution in [0.2, 0.25) is 0 Å². The number of fused-ring (bicyclic) bond motifs is 1. The summed E-state index contributed by atoms with van der Waals surface area (Å²) in [6, 6.07) is 2.05. The topological polar surface area (TPSA) is 35.5 Å². The highest BCUT2D eigenvalue weighted by molar-refractivity contribution is 9.10. The molecule has 1 aliphatic carbocycles. The van der Waals surface area contributed by atoms with Crippen LogP contribution in [0.4, 0.5) is 4.39 Å². The minimum absolute atomic E-state index is 0.0660. The van der Waals surface area contributed by atoms with Crippen molar-refractivity contribution in [2.24, 2.45) is 5.92 Å². The van der Waals surface area contributed by atoms with Crippen molar-refractivity contribution in [1.29, 1.82) is 0 Å². The van der Waals surface area contributed by atoms with Crippen molar-refractivity contribution in [3.8, 4) is 5.75 Å². The maximum absolute atomic E-state index is 15.2. The van der Waals surface area contributed by atoms with Gasteiger partial charge in [0.15, 0.2) is 0 Å². The van der Waals surface area contributed by atoms with Gasteiger partial charge in [0.2, 0.25) is 0 Å². The first-order chi connectivity index (χ1) is 14.9. The van der Waals surface area contributed by atoms with E-state index in [1.807, 2.05) is 0 Å². The monoisotopic (exact) mass is 504 g/mol. The Balaban J connectivity index is 2.61. The van der Waals surface area contributed by atoms with E-state index >= 15 is 4.39 Å². The molecule has 0 aromatic heterocycles. The molecule has 1 aromatic rings. The van der Waals surface area contributed by atoms with Crippen molar-refractivity contribution in [3.63, 3.8) is 0 Å². The molecule has 1 aliphatic rings. The molecule has 0 aliphatic heterocycles. The van der Waals surface area contributed by atoms with Gasteiger partial charge in [0.25, 0.3) is 0 Å². The highest BCUT2D eigenvalue weighted by Crippen LogP contribution is 2.50. The molecule has 0 amide bonds. The van der Waals surface area contributed by atoms with Crippen LogP contribution in [0.25, 0.3) is 11.1 Å². The van der Waals surface area contributed by atoms with E-state index in [9.17, 15) is 4.79 Å². The minimum atomic E-state index is -0.438. The maximum atomic E-state index is 15.2. The molecule has 0 heterocycles. The van der Waals surface area contributed by atoms with E-state index in [1.165, 1.54) is 23.3 Å². The lowest BCUT2D eigenvalue weighted by atomic mass is 9.70. The second-order valence-corrected chi connectivity index (χ2v) is 9.84. The molecule has 0 atom stereocenters. The molecular weight excluding hydrogens is 471 g/mol.